The molecule has 1 aromatic heterocycles. The van der Waals surface area contributed by atoms with Crippen molar-refractivity contribution in [3.63, 3.8) is 0 Å². The summed E-state index contributed by atoms with van der Waals surface area (Å²) in [5, 5.41) is 12.3. The van der Waals surface area contributed by atoms with Gasteiger partial charge in [0.25, 0.3) is 5.56 Å². The van der Waals surface area contributed by atoms with Crippen molar-refractivity contribution in [1.29, 1.82) is 0 Å². The molecule has 0 aliphatic rings. The molecule has 1 N–H and O–H groups in total. The Morgan fingerprint density at radius 3 is 2.35 bits per heavy atom. The average molecular weight is 455 g/mol. The van der Waals surface area contributed by atoms with Gasteiger partial charge in [-0.3, -0.25) is 9.79 Å². The smallest absolute Gasteiger partial charge is 0.338 e. The van der Waals surface area contributed by atoms with E-state index in [-0.39, 0.29) is 24.1 Å². The first-order chi connectivity index (χ1) is 16.4. The zero-order valence-corrected chi connectivity index (χ0v) is 19.4. The van der Waals surface area contributed by atoms with E-state index in [0.29, 0.717) is 27.6 Å². The molecule has 3 aromatic carbocycles. The van der Waals surface area contributed by atoms with Gasteiger partial charge in [-0.25, -0.2) is 9.36 Å². The Kier molecular flexibility index (Phi) is 6.59. The van der Waals surface area contributed by atoms with Crippen LogP contribution in [0.2, 0.25) is 0 Å². The van der Waals surface area contributed by atoms with Gasteiger partial charge in [0.05, 0.1) is 29.5 Å². The van der Waals surface area contributed by atoms with Crippen LogP contribution in [-0.2, 0) is 4.74 Å². The number of rotatable bonds is 6. The van der Waals surface area contributed by atoms with Crippen molar-refractivity contribution < 1.29 is 14.6 Å². The van der Waals surface area contributed by atoms with Crippen LogP contribution in [0.4, 0.5) is 0 Å². The molecule has 6 nitrogen and oxygen atoms in total. The Bertz CT molecular complexity index is 1440. The summed E-state index contributed by atoms with van der Waals surface area (Å²) in [7, 11) is 0. The normalized spacial score (nSPS) is 12.2. The van der Waals surface area contributed by atoms with Gasteiger partial charge in [-0.05, 0) is 62.2 Å². The predicted molar refractivity (Wildman–Crippen MR) is 134 cm³/mol. The van der Waals surface area contributed by atoms with E-state index in [2.05, 4.69) is 0 Å². The number of carbonyl (C=O) groups excluding carboxylic acids is 1. The van der Waals surface area contributed by atoms with Gasteiger partial charge < -0.3 is 9.84 Å². The summed E-state index contributed by atoms with van der Waals surface area (Å²) in [5.74, 6) is -0.657. The Hall–Kier alpha value is -4.19. The van der Waals surface area contributed by atoms with Gasteiger partial charge in [-0.2, -0.15) is 0 Å². The highest BCUT2D eigenvalue weighted by molar-refractivity contribution is 6.01. The second-order valence-corrected chi connectivity index (χ2v) is 8.00. The van der Waals surface area contributed by atoms with E-state index < -0.39 is 5.97 Å². The van der Waals surface area contributed by atoms with Crippen LogP contribution in [0.15, 0.2) is 82.6 Å². The summed E-state index contributed by atoms with van der Waals surface area (Å²) in [5.41, 5.74) is 3.11. The molecule has 172 valence electrons. The van der Waals surface area contributed by atoms with Crippen molar-refractivity contribution in [3.05, 3.63) is 105 Å². The molecule has 1 heterocycles. The fourth-order valence-electron chi connectivity index (χ4n) is 4.01. The number of aryl methyl sites for hydroxylation is 1. The zero-order chi connectivity index (χ0) is 24.2. The summed E-state index contributed by atoms with van der Waals surface area (Å²) in [6, 6.07) is 21.4. The lowest BCUT2D eigenvalue weighted by Gasteiger charge is -2.15. The van der Waals surface area contributed by atoms with Gasteiger partial charge in [-0.15, -0.1) is 0 Å². The summed E-state index contributed by atoms with van der Waals surface area (Å²) in [6.45, 7) is 6.04. The number of fused-ring (bicyclic) bond motifs is 1. The molecule has 0 aliphatic heterocycles. The summed E-state index contributed by atoms with van der Waals surface area (Å²) in [6.07, 6.45) is 1.62. The van der Waals surface area contributed by atoms with Crippen molar-refractivity contribution in [3.8, 4) is 11.6 Å². The number of carbonyl (C=O) groups is 1. The molecule has 0 spiro atoms. The van der Waals surface area contributed by atoms with Gasteiger partial charge in [0.15, 0.2) is 0 Å². The maximum Gasteiger partial charge on any atom is 0.338 e. The van der Waals surface area contributed by atoms with Crippen LogP contribution in [0.3, 0.4) is 0 Å². The third-order valence-corrected chi connectivity index (χ3v) is 5.81. The second-order valence-electron chi connectivity index (χ2n) is 8.00. The lowest BCUT2D eigenvalue weighted by atomic mass is 10.0. The first-order valence-corrected chi connectivity index (χ1v) is 11.1. The van der Waals surface area contributed by atoms with Crippen LogP contribution >= 0.6 is 0 Å². The molecular formula is C28H26N2O4. The van der Waals surface area contributed by atoms with Crippen molar-refractivity contribution in [1.82, 2.24) is 4.57 Å². The standard InChI is InChI=1S/C28H26N2O4/c1-4-34-28(33)20-13-15-21(16-14-20)30-26(31)24-12-8-7-11-23(24)25(27(30)32)17-29-19(3)22-10-6-5-9-18(22)2/h5-17,19,32H,4H2,1-3H3/t19-/m0/s1. The number of ether oxygens (including phenoxy) is 1. The van der Waals surface area contributed by atoms with Gasteiger partial charge in [0.1, 0.15) is 0 Å². The van der Waals surface area contributed by atoms with Crippen LogP contribution in [0.1, 0.15) is 46.9 Å². The van der Waals surface area contributed by atoms with Gasteiger partial charge in [0, 0.05) is 17.0 Å². The number of pyridine rings is 1. The molecule has 6 heteroatoms. The van der Waals surface area contributed by atoms with E-state index in [1.807, 2.05) is 44.2 Å². The van der Waals surface area contributed by atoms with E-state index in [9.17, 15) is 14.7 Å². The third kappa shape index (κ3) is 4.35. The highest BCUT2D eigenvalue weighted by Crippen LogP contribution is 2.27. The summed E-state index contributed by atoms with van der Waals surface area (Å²) in [4.78, 5) is 30.0. The lowest BCUT2D eigenvalue weighted by molar-refractivity contribution is 0.0526. The number of benzene rings is 3. The van der Waals surface area contributed by atoms with E-state index in [1.165, 1.54) is 4.57 Å². The van der Waals surface area contributed by atoms with E-state index >= 15 is 0 Å². The number of aromatic hydroxyl groups is 1. The summed E-state index contributed by atoms with van der Waals surface area (Å²) < 4.78 is 6.26. The number of aromatic nitrogens is 1. The Morgan fingerprint density at radius 2 is 1.68 bits per heavy atom. The van der Waals surface area contributed by atoms with Crippen LogP contribution in [0.5, 0.6) is 5.88 Å². The molecule has 0 amide bonds. The van der Waals surface area contributed by atoms with Crippen molar-refractivity contribution in [2.45, 2.75) is 26.8 Å². The fourth-order valence-corrected chi connectivity index (χ4v) is 4.01. The van der Waals surface area contributed by atoms with Crippen LogP contribution in [0.25, 0.3) is 16.5 Å². The number of nitrogens with zero attached hydrogens (tertiary/aromatic N) is 2. The number of aliphatic imine (C=N–C) groups is 1. The molecule has 4 rings (SSSR count). The molecule has 0 bridgehead atoms. The first kappa shape index (κ1) is 23.0. The molecule has 0 aliphatic carbocycles. The van der Waals surface area contributed by atoms with Crippen LogP contribution in [0, 0.1) is 6.92 Å². The Balaban J connectivity index is 1.83. The van der Waals surface area contributed by atoms with E-state index in [0.717, 1.165) is 11.1 Å². The maximum absolute atomic E-state index is 13.3. The van der Waals surface area contributed by atoms with Crippen LogP contribution in [-0.4, -0.2) is 28.5 Å². The second kappa shape index (κ2) is 9.75. The van der Waals surface area contributed by atoms with Crippen molar-refractivity contribution >= 4 is 23.0 Å². The van der Waals surface area contributed by atoms with E-state index in [4.69, 9.17) is 9.73 Å². The molecule has 0 unspecified atom stereocenters. The highest BCUT2D eigenvalue weighted by Gasteiger charge is 2.17. The first-order valence-electron chi connectivity index (χ1n) is 11.1. The molecule has 0 radical (unpaired) electrons. The molecular weight excluding hydrogens is 428 g/mol. The minimum Gasteiger partial charge on any atom is -0.494 e. The SMILES string of the molecule is CCOC(=O)c1ccc(-n2c(O)c(C=N[C@@H](C)c3ccccc3C)c3ccccc3c2=O)cc1. The maximum atomic E-state index is 13.3. The Morgan fingerprint density at radius 1 is 1.03 bits per heavy atom. The molecule has 0 saturated carbocycles. The van der Waals surface area contributed by atoms with E-state index in [1.54, 1.807) is 55.6 Å². The number of hydrogen-bond donors (Lipinski definition) is 1. The van der Waals surface area contributed by atoms with Gasteiger partial charge in [-0.1, -0.05) is 42.5 Å². The zero-order valence-electron chi connectivity index (χ0n) is 19.4. The quantitative estimate of drug-likeness (QED) is 0.314. The van der Waals surface area contributed by atoms with Gasteiger partial charge >= 0.3 is 5.97 Å². The minimum atomic E-state index is -0.442. The number of hydrogen-bond acceptors (Lipinski definition) is 5. The fraction of sp³-hybridized carbons (Fsp3) is 0.179. The lowest BCUT2D eigenvalue weighted by Crippen LogP contribution is -2.20. The molecule has 0 saturated heterocycles. The molecule has 34 heavy (non-hydrogen) atoms. The average Bonchev–Trinajstić information content (AvgIpc) is 2.85. The monoisotopic (exact) mass is 454 g/mol. The Labute approximate surface area is 197 Å². The molecule has 1 atom stereocenters. The third-order valence-electron chi connectivity index (χ3n) is 5.81. The molecule has 0 fully saturated rings. The molecule has 4 aromatic rings. The predicted octanol–water partition coefficient (Wildman–Crippen LogP) is 5.36. The number of esters is 1. The topological polar surface area (TPSA) is 80.9 Å². The van der Waals surface area contributed by atoms with Crippen molar-refractivity contribution in [2.24, 2.45) is 4.99 Å². The minimum absolute atomic E-state index is 0.136. The largest absolute Gasteiger partial charge is 0.494 e. The summed E-state index contributed by atoms with van der Waals surface area (Å²) >= 11 is 0. The van der Waals surface area contributed by atoms with Crippen LogP contribution < -0.4 is 5.56 Å². The van der Waals surface area contributed by atoms with Crippen molar-refractivity contribution in [2.75, 3.05) is 6.61 Å². The van der Waals surface area contributed by atoms with Gasteiger partial charge in [0.2, 0.25) is 5.88 Å². The highest BCUT2D eigenvalue weighted by atomic mass is 16.5.